The second-order valence-corrected chi connectivity index (χ2v) is 10.8. The maximum absolute atomic E-state index is 15.1. The number of carbonyl (C=O) groups is 3. The van der Waals surface area contributed by atoms with Crippen LogP contribution in [0, 0.1) is 27.4 Å². The van der Waals surface area contributed by atoms with Crippen molar-refractivity contribution >= 4 is 17.7 Å². The number of halogens is 2. The van der Waals surface area contributed by atoms with E-state index in [1.54, 1.807) is 0 Å². The number of benzene rings is 1. The maximum Gasteiger partial charge on any atom is 0.381 e. The molecule has 0 radical (unpaired) electrons. The van der Waals surface area contributed by atoms with Gasteiger partial charge in [-0.15, -0.1) is 10.1 Å². The predicted octanol–water partition coefficient (Wildman–Crippen LogP) is 5.22. The smallest absolute Gasteiger partial charge is 0.381 e. The minimum atomic E-state index is -4.15. The first-order chi connectivity index (χ1) is 18.3. The predicted molar refractivity (Wildman–Crippen MR) is 133 cm³/mol. The number of unbranched alkanes of at least 4 members (excludes halogenated alkanes) is 3. The topological polar surface area (TPSA) is 142 Å². The molecule has 3 saturated carbocycles. The summed E-state index contributed by atoms with van der Waals surface area (Å²) in [5, 5.41) is 20.2. The lowest BCUT2D eigenvalue weighted by molar-refractivity contribution is -0.757. The largest absolute Gasteiger partial charge is 0.508 e. The van der Waals surface area contributed by atoms with Crippen molar-refractivity contribution in [3.05, 3.63) is 33.4 Å². The highest BCUT2D eigenvalue weighted by molar-refractivity contribution is 5.86. The first-order valence-corrected chi connectivity index (χ1v) is 13.2. The second kappa shape index (κ2) is 12.3. The molecule has 1 N–H and O–H groups in total. The third-order valence-electron chi connectivity index (χ3n) is 7.93. The minimum Gasteiger partial charge on any atom is -0.508 e. The van der Waals surface area contributed by atoms with Gasteiger partial charge in [0.05, 0.1) is 13.2 Å². The summed E-state index contributed by atoms with van der Waals surface area (Å²) in [5.41, 5.74) is -1.27. The number of rotatable bonds is 14. The molecule has 3 aliphatic carbocycles. The number of Topliss-reactive ketones (excluding diaryl/α,β-unsaturated/α-hetero) is 1. The van der Waals surface area contributed by atoms with E-state index in [-0.39, 0.29) is 61.4 Å². The molecular formula is C27H35F2NO9. The van der Waals surface area contributed by atoms with Gasteiger partial charge in [-0.3, -0.25) is 9.59 Å². The minimum absolute atomic E-state index is 0.0258. The van der Waals surface area contributed by atoms with Gasteiger partial charge >= 0.3 is 17.9 Å². The SMILES string of the molecule is CCCCCCOC(=O)C(F)(F)c1cc(O)c([C@H]2CC(=O)[C@H]3C[C@@H]2C3(C)C)c(OC(=O)CCCO[N+](=O)[O-])c1. The van der Waals surface area contributed by atoms with Gasteiger partial charge in [-0.25, -0.2) is 4.79 Å². The number of hydrogen-bond acceptors (Lipinski definition) is 9. The standard InChI is InChI=1S/C27H35F2NO9/c1-4-5-6-7-10-37-25(34)27(28,29)16-12-21(32)24(17-14-20(31)19-15-18(17)26(19,2)3)22(13-16)39-23(33)9-8-11-38-30(35)36/h12-13,17-19,32H,4-11,14-15H2,1-3H3/t17-,18-,19+/m0/s1. The highest BCUT2D eigenvalue weighted by Gasteiger charge is 2.59. The molecule has 0 saturated heterocycles. The maximum atomic E-state index is 15.1. The second-order valence-electron chi connectivity index (χ2n) is 10.8. The Hall–Kier alpha value is -3.31. The number of carbonyl (C=O) groups excluding carboxylic acids is 3. The van der Waals surface area contributed by atoms with Gasteiger partial charge in [0.1, 0.15) is 17.3 Å². The van der Waals surface area contributed by atoms with Gasteiger partial charge < -0.3 is 19.4 Å². The summed E-state index contributed by atoms with van der Waals surface area (Å²) in [6.45, 7) is 5.26. The molecular weight excluding hydrogens is 520 g/mol. The van der Waals surface area contributed by atoms with Crippen molar-refractivity contribution < 1.29 is 47.7 Å². The monoisotopic (exact) mass is 555 g/mol. The van der Waals surface area contributed by atoms with E-state index in [0.29, 0.717) is 12.8 Å². The van der Waals surface area contributed by atoms with E-state index in [9.17, 15) is 29.6 Å². The summed E-state index contributed by atoms with van der Waals surface area (Å²) < 4.78 is 40.4. The number of ketones is 1. The Morgan fingerprint density at radius 3 is 2.51 bits per heavy atom. The van der Waals surface area contributed by atoms with Crippen molar-refractivity contribution in [1.29, 1.82) is 0 Å². The molecule has 3 atom stereocenters. The molecule has 1 aromatic rings. The Morgan fingerprint density at radius 1 is 1.18 bits per heavy atom. The number of ether oxygens (including phenoxy) is 2. The molecule has 39 heavy (non-hydrogen) atoms. The van der Waals surface area contributed by atoms with Crippen LogP contribution in [0.1, 0.15) is 89.2 Å². The van der Waals surface area contributed by atoms with E-state index in [0.717, 1.165) is 31.4 Å². The molecule has 0 heterocycles. The van der Waals surface area contributed by atoms with Gasteiger partial charge in [-0.1, -0.05) is 40.0 Å². The first kappa shape index (κ1) is 30.2. The quantitative estimate of drug-likeness (QED) is 0.107. The van der Waals surface area contributed by atoms with Gasteiger partial charge in [-0.05, 0) is 42.7 Å². The Kier molecular flexibility index (Phi) is 9.50. The molecule has 216 valence electrons. The molecule has 0 spiro atoms. The van der Waals surface area contributed by atoms with Crippen molar-refractivity contribution in [1.82, 2.24) is 0 Å². The van der Waals surface area contributed by atoms with Gasteiger partial charge in [0, 0.05) is 35.8 Å². The van der Waals surface area contributed by atoms with Crippen molar-refractivity contribution in [2.45, 2.75) is 84.0 Å². The van der Waals surface area contributed by atoms with E-state index in [1.165, 1.54) is 0 Å². The fraction of sp³-hybridized carbons (Fsp3) is 0.667. The van der Waals surface area contributed by atoms with E-state index in [4.69, 9.17) is 9.47 Å². The Balaban J connectivity index is 1.89. The van der Waals surface area contributed by atoms with Crippen LogP contribution in [0.2, 0.25) is 0 Å². The van der Waals surface area contributed by atoms with Crippen LogP contribution < -0.4 is 4.74 Å². The molecule has 1 aromatic carbocycles. The van der Waals surface area contributed by atoms with E-state index >= 15 is 8.78 Å². The Labute approximate surface area is 225 Å². The zero-order chi connectivity index (χ0) is 29.0. The molecule has 10 nitrogen and oxygen atoms in total. The van der Waals surface area contributed by atoms with Crippen LogP contribution in [0.3, 0.4) is 0 Å². The van der Waals surface area contributed by atoms with Gasteiger partial charge in [-0.2, -0.15) is 8.78 Å². The van der Waals surface area contributed by atoms with Crippen LogP contribution in [0.25, 0.3) is 0 Å². The molecule has 0 aromatic heterocycles. The van der Waals surface area contributed by atoms with Crippen LogP contribution in [-0.4, -0.2) is 41.1 Å². The van der Waals surface area contributed by atoms with E-state index in [1.807, 2.05) is 20.8 Å². The van der Waals surface area contributed by atoms with E-state index in [2.05, 4.69) is 4.84 Å². The van der Waals surface area contributed by atoms with Gasteiger partial charge in [0.25, 0.3) is 5.09 Å². The van der Waals surface area contributed by atoms with E-state index < -0.39 is 45.6 Å². The summed E-state index contributed by atoms with van der Waals surface area (Å²) in [4.78, 5) is 52.0. The number of hydrogen-bond donors (Lipinski definition) is 1. The van der Waals surface area contributed by atoms with Gasteiger partial charge in [0.2, 0.25) is 0 Å². The van der Waals surface area contributed by atoms with Crippen molar-refractivity contribution in [2.24, 2.45) is 17.3 Å². The zero-order valence-corrected chi connectivity index (χ0v) is 22.4. The van der Waals surface area contributed by atoms with Gasteiger partial charge in [0.15, 0.2) is 0 Å². The molecule has 2 bridgehead atoms. The normalized spacial score (nSPS) is 21.6. The van der Waals surface area contributed by atoms with Crippen molar-refractivity contribution in [2.75, 3.05) is 13.2 Å². The average Bonchev–Trinajstić information content (AvgIpc) is 2.85. The van der Waals surface area contributed by atoms with Crippen LogP contribution in [0.5, 0.6) is 11.5 Å². The molecule has 0 amide bonds. The molecule has 12 heteroatoms. The number of fused-ring (bicyclic) bond motifs is 2. The third-order valence-corrected chi connectivity index (χ3v) is 7.93. The number of phenolic OH excluding ortho intramolecular Hbond substituents is 1. The number of aromatic hydroxyl groups is 1. The fourth-order valence-electron chi connectivity index (χ4n) is 5.67. The van der Waals surface area contributed by atoms with Crippen LogP contribution in [-0.2, 0) is 29.9 Å². The average molecular weight is 556 g/mol. The molecule has 3 fully saturated rings. The van der Waals surface area contributed by atoms with Crippen LogP contribution in [0.15, 0.2) is 12.1 Å². The fourth-order valence-corrected chi connectivity index (χ4v) is 5.67. The van der Waals surface area contributed by atoms with Crippen LogP contribution >= 0.6 is 0 Å². The van der Waals surface area contributed by atoms with Crippen molar-refractivity contribution in [3.8, 4) is 11.5 Å². The summed E-state index contributed by atoms with van der Waals surface area (Å²) in [6.07, 6.45) is 3.12. The number of esters is 2. The van der Waals surface area contributed by atoms with Crippen molar-refractivity contribution in [3.63, 3.8) is 0 Å². The Bertz CT molecular complexity index is 1100. The summed E-state index contributed by atoms with van der Waals surface area (Å²) in [7, 11) is 0. The molecule has 3 aliphatic rings. The number of phenols is 1. The summed E-state index contributed by atoms with van der Waals surface area (Å²) in [5.74, 6) is -8.69. The Morgan fingerprint density at radius 2 is 1.90 bits per heavy atom. The van der Waals surface area contributed by atoms with Crippen LogP contribution in [0.4, 0.5) is 8.78 Å². The lowest BCUT2D eigenvalue weighted by atomic mass is 9.44. The zero-order valence-electron chi connectivity index (χ0n) is 22.4. The first-order valence-electron chi connectivity index (χ1n) is 13.2. The lowest BCUT2D eigenvalue weighted by Crippen LogP contribution is -2.56. The molecule has 4 rings (SSSR count). The lowest BCUT2D eigenvalue weighted by Gasteiger charge is -2.59. The number of nitrogens with zero attached hydrogens (tertiary/aromatic N) is 1. The highest BCUT2D eigenvalue weighted by atomic mass is 19.3. The molecule has 0 unspecified atom stereocenters. The summed E-state index contributed by atoms with van der Waals surface area (Å²) in [6, 6.07) is 1.57. The third kappa shape index (κ3) is 6.65. The number of alkyl halides is 2. The highest BCUT2D eigenvalue weighted by Crippen LogP contribution is 2.64. The molecule has 0 aliphatic heterocycles. The summed E-state index contributed by atoms with van der Waals surface area (Å²) >= 11 is 0.